The molecule has 1 aromatic rings. The van der Waals surface area contributed by atoms with Crippen LogP contribution in [-0.2, 0) is 6.42 Å². The van der Waals surface area contributed by atoms with Gasteiger partial charge in [0.05, 0.1) is 10.7 Å². The molecule has 1 aliphatic heterocycles. The molecule has 1 aliphatic rings. The summed E-state index contributed by atoms with van der Waals surface area (Å²) in [6, 6.07) is 3.83. The van der Waals surface area contributed by atoms with Crippen molar-refractivity contribution in [1.29, 1.82) is 0 Å². The van der Waals surface area contributed by atoms with Gasteiger partial charge < -0.3 is 10.1 Å². The van der Waals surface area contributed by atoms with Gasteiger partial charge in [-0.25, -0.2) is 0 Å². The Labute approximate surface area is 96.0 Å². The third-order valence-corrected chi connectivity index (χ3v) is 3.15. The number of hydrogen-bond donors (Lipinski definition) is 1. The Morgan fingerprint density at radius 3 is 3.00 bits per heavy atom. The van der Waals surface area contributed by atoms with Crippen LogP contribution < -0.4 is 10.1 Å². The van der Waals surface area contributed by atoms with Crippen molar-refractivity contribution in [2.75, 3.05) is 13.7 Å². The first-order valence-electron chi connectivity index (χ1n) is 4.37. The maximum atomic E-state index is 11.5. The number of halogens is 1. The quantitative estimate of drug-likeness (QED) is 0.800. The van der Waals surface area contributed by atoms with Crippen molar-refractivity contribution in [3.63, 3.8) is 0 Å². The van der Waals surface area contributed by atoms with Crippen LogP contribution in [0.25, 0.3) is 0 Å². The fourth-order valence-electron chi connectivity index (χ4n) is 1.58. The zero-order valence-electron chi connectivity index (χ0n) is 7.76. The van der Waals surface area contributed by atoms with Gasteiger partial charge in [-0.05, 0) is 46.7 Å². The Balaban J connectivity index is 2.54. The fourth-order valence-corrected chi connectivity index (χ4v) is 2.33. The highest BCUT2D eigenvalue weighted by molar-refractivity contribution is 14.1. The minimum absolute atomic E-state index is 0.000880. The van der Waals surface area contributed by atoms with Crippen molar-refractivity contribution in [2.45, 2.75) is 6.42 Å². The van der Waals surface area contributed by atoms with E-state index in [2.05, 4.69) is 27.9 Å². The number of methoxy groups -OCH3 is 1. The van der Waals surface area contributed by atoms with Crippen LogP contribution in [0.15, 0.2) is 12.1 Å². The molecule has 0 bridgehead atoms. The van der Waals surface area contributed by atoms with Gasteiger partial charge in [-0.15, -0.1) is 0 Å². The minimum atomic E-state index is 0.000880. The molecule has 1 aromatic carbocycles. The Morgan fingerprint density at radius 2 is 2.29 bits per heavy atom. The van der Waals surface area contributed by atoms with Crippen molar-refractivity contribution < 1.29 is 9.53 Å². The smallest absolute Gasteiger partial charge is 0.251 e. The second-order valence-corrected chi connectivity index (χ2v) is 4.31. The van der Waals surface area contributed by atoms with Crippen LogP contribution in [0.3, 0.4) is 0 Å². The van der Waals surface area contributed by atoms with E-state index in [4.69, 9.17) is 4.74 Å². The average Bonchev–Trinajstić information content (AvgIpc) is 2.17. The van der Waals surface area contributed by atoms with E-state index in [1.54, 1.807) is 7.11 Å². The van der Waals surface area contributed by atoms with Gasteiger partial charge in [-0.1, -0.05) is 0 Å². The summed E-state index contributed by atoms with van der Waals surface area (Å²) in [4.78, 5) is 11.5. The first kappa shape index (κ1) is 9.76. The number of nitrogens with one attached hydrogen (secondary N) is 1. The third kappa shape index (κ3) is 1.58. The second-order valence-electron chi connectivity index (χ2n) is 3.15. The normalized spacial score (nSPS) is 14.6. The number of ether oxygens (including phenoxy) is 1. The molecule has 0 spiro atoms. The number of benzene rings is 1. The maximum Gasteiger partial charge on any atom is 0.251 e. The predicted molar refractivity (Wildman–Crippen MR) is 61.7 cm³/mol. The lowest BCUT2D eigenvalue weighted by Crippen LogP contribution is -2.31. The average molecular weight is 303 g/mol. The van der Waals surface area contributed by atoms with Gasteiger partial charge in [0.15, 0.2) is 0 Å². The highest BCUT2D eigenvalue weighted by Gasteiger charge is 2.18. The molecule has 3 nitrogen and oxygen atoms in total. The molecular weight excluding hydrogens is 293 g/mol. The summed E-state index contributed by atoms with van der Waals surface area (Å²) in [6.07, 6.45) is 0.904. The van der Waals surface area contributed by atoms with Gasteiger partial charge in [-0.3, -0.25) is 4.79 Å². The second kappa shape index (κ2) is 3.76. The standard InChI is InChI=1S/C10H10INO2/c1-14-9-5-7-6(4-8(9)11)2-3-12-10(7)13/h4-5H,2-3H2,1H3,(H,12,13). The molecule has 74 valence electrons. The number of carbonyl (C=O) groups is 1. The molecule has 0 saturated carbocycles. The molecule has 0 fully saturated rings. The zero-order chi connectivity index (χ0) is 10.1. The monoisotopic (exact) mass is 303 g/mol. The van der Waals surface area contributed by atoms with E-state index in [9.17, 15) is 4.79 Å². The van der Waals surface area contributed by atoms with Crippen molar-refractivity contribution in [3.8, 4) is 5.75 Å². The molecule has 1 N–H and O–H groups in total. The van der Waals surface area contributed by atoms with E-state index < -0.39 is 0 Å². The first-order valence-corrected chi connectivity index (χ1v) is 5.45. The Bertz CT molecular complexity index is 390. The van der Waals surface area contributed by atoms with Gasteiger partial charge in [0.1, 0.15) is 5.75 Å². The van der Waals surface area contributed by atoms with E-state index in [-0.39, 0.29) is 5.91 Å². The highest BCUT2D eigenvalue weighted by atomic mass is 127. The molecule has 0 unspecified atom stereocenters. The molecule has 1 heterocycles. The number of amides is 1. The molecule has 0 atom stereocenters. The summed E-state index contributed by atoms with van der Waals surface area (Å²) in [7, 11) is 1.62. The Morgan fingerprint density at radius 1 is 1.50 bits per heavy atom. The van der Waals surface area contributed by atoms with Gasteiger partial charge in [0, 0.05) is 12.1 Å². The van der Waals surface area contributed by atoms with Crippen LogP contribution >= 0.6 is 22.6 Å². The Kier molecular flexibility index (Phi) is 2.62. The highest BCUT2D eigenvalue weighted by Crippen LogP contribution is 2.26. The zero-order valence-corrected chi connectivity index (χ0v) is 9.92. The molecule has 1 amide bonds. The largest absolute Gasteiger partial charge is 0.496 e. The van der Waals surface area contributed by atoms with E-state index in [0.29, 0.717) is 0 Å². The SMILES string of the molecule is COc1cc2c(cc1I)CCNC2=O. The van der Waals surface area contributed by atoms with Crippen LogP contribution in [0.2, 0.25) is 0 Å². The van der Waals surface area contributed by atoms with Gasteiger partial charge in [0.25, 0.3) is 5.91 Å². The summed E-state index contributed by atoms with van der Waals surface area (Å²) >= 11 is 2.22. The fraction of sp³-hybridized carbons (Fsp3) is 0.300. The Hall–Kier alpha value is -0.780. The summed E-state index contributed by atoms with van der Waals surface area (Å²) in [5.41, 5.74) is 1.85. The summed E-state index contributed by atoms with van der Waals surface area (Å²) in [6.45, 7) is 0.730. The molecule has 0 saturated heterocycles. The summed E-state index contributed by atoms with van der Waals surface area (Å²) in [5, 5.41) is 2.81. The molecule has 2 rings (SSSR count). The van der Waals surface area contributed by atoms with E-state index in [1.807, 2.05) is 12.1 Å². The minimum Gasteiger partial charge on any atom is -0.496 e. The number of fused-ring (bicyclic) bond motifs is 1. The first-order chi connectivity index (χ1) is 6.72. The number of carbonyl (C=O) groups excluding carboxylic acids is 1. The number of hydrogen-bond acceptors (Lipinski definition) is 2. The summed E-state index contributed by atoms with van der Waals surface area (Å²) < 4.78 is 6.23. The molecule has 4 heteroatoms. The van der Waals surface area contributed by atoms with Crippen LogP contribution in [0, 0.1) is 3.57 Å². The van der Waals surface area contributed by atoms with Crippen molar-refractivity contribution >= 4 is 28.5 Å². The third-order valence-electron chi connectivity index (χ3n) is 2.30. The van der Waals surface area contributed by atoms with Crippen molar-refractivity contribution in [1.82, 2.24) is 5.32 Å². The van der Waals surface area contributed by atoms with Crippen molar-refractivity contribution in [2.24, 2.45) is 0 Å². The van der Waals surface area contributed by atoms with Crippen LogP contribution in [0.5, 0.6) is 5.75 Å². The topological polar surface area (TPSA) is 38.3 Å². The lowest BCUT2D eigenvalue weighted by atomic mass is 10.0. The van der Waals surface area contributed by atoms with Crippen molar-refractivity contribution in [3.05, 3.63) is 26.8 Å². The molecule has 14 heavy (non-hydrogen) atoms. The van der Waals surface area contributed by atoms with E-state index >= 15 is 0 Å². The van der Waals surface area contributed by atoms with Gasteiger partial charge >= 0.3 is 0 Å². The molecular formula is C10H10INO2. The van der Waals surface area contributed by atoms with Crippen LogP contribution in [-0.4, -0.2) is 19.6 Å². The number of rotatable bonds is 1. The molecule has 0 aromatic heterocycles. The lowest BCUT2D eigenvalue weighted by molar-refractivity contribution is 0.0945. The molecule has 0 aliphatic carbocycles. The predicted octanol–water partition coefficient (Wildman–Crippen LogP) is 1.59. The van der Waals surface area contributed by atoms with E-state index in [1.165, 1.54) is 0 Å². The van der Waals surface area contributed by atoms with Gasteiger partial charge in [0.2, 0.25) is 0 Å². The summed E-state index contributed by atoms with van der Waals surface area (Å²) in [5.74, 6) is 0.766. The molecule has 0 radical (unpaired) electrons. The van der Waals surface area contributed by atoms with Gasteiger partial charge in [-0.2, -0.15) is 0 Å². The lowest BCUT2D eigenvalue weighted by Gasteiger charge is -2.17. The van der Waals surface area contributed by atoms with Crippen LogP contribution in [0.1, 0.15) is 15.9 Å². The maximum absolute atomic E-state index is 11.5. The van der Waals surface area contributed by atoms with Crippen LogP contribution in [0.4, 0.5) is 0 Å². The van der Waals surface area contributed by atoms with E-state index in [0.717, 1.165) is 33.4 Å².